The molecule has 0 aromatic heterocycles. The molecule has 0 N–H and O–H groups in total. The highest BCUT2D eigenvalue weighted by molar-refractivity contribution is 6.30. The summed E-state index contributed by atoms with van der Waals surface area (Å²) >= 11 is 5.79. The zero-order valence-corrected chi connectivity index (χ0v) is 7.77. The summed E-state index contributed by atoms with van der Waals surface area (Å²) in [5.41, 5.74) is 1.54. The van der Waals surface area contributed by atoms with E-state index in [-0.39, 0.29) is 5.41 Å². The van der Waals surface area contributed by atoms with Crippen LogP contribution in [0, 0.1) is 0 Å². The van der Waals surface area contributed by atoms with Crippen LogP contribution in [0.5, 0.6) is 0 Å². The Bertz CT molecular complexity index is 274. The molecule has 0 bridgehead atoms. The standard InChI is InChI=1S/C10H11ClO/c1-10(6-12-7-10)8-2-4-9(11)5-3-8/h2-5H,6-7H2,1H3. The zero-order valence-electron chi connectivity index (χ0n) is 7.01. The van der Waals surface area contributed by atoms with Crippen LogP contribution in [0.2, 0.25) is 5.02 Å². The Kier molecular flexibility index (Phi) is 1.85. The highest BCUT2D eigenvalue weighted by Gasteiger charge is 2.34. The molecule has 2 heteroatoms. The number of benzene rings is 1. The Hall–Kier alpha value is -0.530. The molecule has 2 rings (SSSR count). The Morgan fingerprint density at radius 2 is 1.83 bits per heavy atom. The molecule has 1 aromatic rings. The van der Waals surface area contributed by atoms with E-state index in [9.17, 15) is 0 Å². The van der Waals surface area contributed by atoms with Gasteiger partial charge in [0.2, 0.25) is 0 Å². The van der Waals surface area contributed by atoms with Crippen molar-refractivity contribution < 1.29 is 4.74 Å². The molecule has 0 saturated carbocycles. The highest BCUT2D eigenvalue weighted by Crippen LogP contribution is 2.31. The minimum atomic E-state index is 0.227. The summed E-state index contributed by atoms with van der Waals surface area (Å²) in [4.78, 5) is 0. The molecule has 1 aliphatic heterocycles. The van der Waals surface area contributed by atoms with Gasteiger partial charge in [-0.15, -0.1) is 0 Å². The lowest BCUT2D eigenvalue weighted by Gasteiger charge is -2.38. The first-order valence-corrected chi connectivity index (χ1v) is 4.42. The van der Waals surface area contributed by atoms with Crippen LogP contribution in [0.4, 0.5) is 0 Å². The largest absolute Gasteiger partial charge is 0.379 e. The molecule has 1 aliphatic rings. The van der Waals surface area contributed by atoms with Crippen LogP contribution in [-0.2, 0) is 10.2 Å². The number of hydrogen-bond acceptors (Lipinski definition) is 1. The normalized spacial score (nSPS) is 20.2. The molecule has 0 atom stereocenters. The Balaban J connectivity index is 2.28. The molecule has 1 aromatic carbocycles. The molecule has 1 saturated heterocycles. The second kappa shape index (κ2) is 2.75. The van der Waals surface area contributed by atoms with E-state index in [1.165, 1.54) is 5.56 Å². The van der Waals surface area contributed by atoms with E-state index in [1.54, 1.807) is 0 Å². The molecule has 1 heterocycles. The summed E-state index contributed by atoms with van der Waals surface area (Å²) in [6, 6.07) is 8.01. The van der Waals surface area contributed by atoms with Gasteiger partial charge < -0.3 is 4.74 Å². The lowest BCUT2D eigenvalue weighted by Crippen LogP contribution is -2.43. The van der Waals surface area contributed by atoms with Crippen LogP contribution in [0.15, 0.2) is 24.3 Å². The van der Waals surface area contributed by atoms with Crippen LogP contribution in [-0.4, -0.2) is 13.2 Å². The summed E-state index contributed by atoms with van der Waals surface area (Å²) in [6.07, 6.45) is 0. The fourth-order valence-corrected chi connectivity index (χ4v) is 1.55. The van der Waals surface area contributed by atoms with Crippen molar-refractivity contribution >= 4 is 11.6 Å². The van der Waals surface area contributed by atoms with Gasteiger partial charge in [0.1, 0.15) is 0 Å². The molecule has 0 aliphatic carbocycles. The third-order valence-corrected chi connectivity index (χ3v) is 2.63. The van der Waals surface area contributed by atoms with Crippen molar-refractivity contribution in [1.29, 1.82) is 0 Å². The van der Waals surface area contributed by atoms with E-state index in [2.05, 4.69) is 19.1 Å². The molecule has 0 radical (unpaired) electrons. The Morgan fingerprint density at radius 1 is 1.25 bits per heavy atom. The Labute approximate surface area is 77.3 Å². The minimum Gasteiger partial charge on any atom is -0.379 e. The average molecular weight is 183 g/mol. The highest BCUT2D eigenvalue weighted by atomic mass is 35.5. The van der Waals surface area contributed by atoms with Crippen LogP contribution in [0.25, 0.3) is 0 Å². The molecule has 64 valence electrons. The molecule has 1 fully saturated rings. The van der Waals surface area contributed by atoms with Gasteiger partial charge >= 0.3 is 0 Å². The SMILES string of the molecule is CC1(c2ccc(Cl)cc2)COC1. The van der Waals surface area contributed by atoms with Gasteiger partial charge in [0.15, 0.2) is 0 Å². The average Bonchev–Trinajstić information content (AvgIpc) is 2.02. The van der Waals surface area contributed by atoms with Gasteiger partial charge in [-0.25, -0.2) is 0 Å². The summed E-state index contributed by atoms with van der Waals surface area (Å²) in [5, 5.41) is 0.794. The number of halogens is 1. The maximum atomic E-state index is 5.79. The van der Waals surface area contributed by atoms with Crippen LogP contribution in [0.3, 0.4) is 0 Å². The minimum absolute atomic E-state index is 0.227. The number of rotatable bonds is 1. The van der Waals surface area contributed by atoms with Gasteiger partial charge in [-0.05, 0) is 17.7 Å². The number of ether oxygens (including phenoxy) is 1. The van der Waals surface area contributed by atoms with Crippen molar-refractivity contribution in [2.45, 2.75) is 12.3 Å². The third kappa shape index (κ3) is 1.23. The van der Waals surface area contributed by atoms with Crippen molar-refractivity contribution in [2.24, 2.45) is 0 Å². The van der Waals surface area contributed by atoms with Gasteiger partial charge in [0, 0.05) is 10.4 Å². The predicted octanol–water partition coefficient (Wildman–Crippen LogP) is 2.63. The van der Waals surface area contributed by atoms with Crippen LogP contribution in [0.1, 0.15) is 12.5 Å². The van der Waals surface area contributed by atoms with Gasteiger partial charge in [0.25, 0.3) is 0 Å². The van der Waals surface area contributed by atoms with Crippen LogP contribution < -0.4 is 0 Å². The maximum Gasteiger partial charge on any atom is 0.0582 e. The van der Waals surface area contributed by atoms with E-state index in [1.807, 2.05) is 12.1 Å². The van der Waals surface area contributed by atoms with Gasteiger partial charge in [-0.2, -0.15) is 0 Å². The molecule has 0 unspecified atom stereocenters. The summed E-state index contributed by atoms with van der Waals surface area (Å²) < 4.78 is 5.19. The van der Waals surface area contributed by atoms with E-state index < -0.39 is 0 Å². The molecular formula is C10H11ClO. The van der Waals surface area contributed by atoms with E-state index in [4.69, 9.17) is 16.3 Å². The Morgan fingerprint density at radius 3 is 2.25 bits per heavy atom. The first-order valence-electron chi connectivity index (χ1n) is 4.04. The predicted molar refractivity (Wildman–Crippen MR) is 49.6 cm³/mol. The lowest BCUT2D eigenvalue weighted by molar-refractivity contribution is -0.0500. The van der Waals surface area contributed by atoms with E-state index >= 15 is 0 Å². The summed E-state index contributed by atoms with van der Waals surface area (Å²) in [6.45, 7) is 3.86. The second-order valence-electron chi connectivity index (χ2n) is 3.56. The number of hydrogen-bond donors (Lipinski definition) is 0. The zero-order chi connectivity index (χ0) is 8.60. The van der Waals surface area contributed by atoms with E-state index in [0.717, 1.165) is 18.2 Å². The van der Waals surface area contributed by atoms with Crippen molar-refractivity contribution in [3.8, 4) is 0 Å². The van der Waals surface area contributed by atoms with Crippen molar-refractivity contribution in [1.82, 2.24) is 0 Å². The quantitative estimate of drug-likeness (QED) is 0.649. The van der Waals surface area contributed by atoms with Gasteiger partial charge in [-0.1, -0.05) is 30.7 Å². The topological polar surface area (TPSA) is 9.23 Å². The fourth-order valence-electron chi connectivity index (χ4n) is 1.43. The fraction of sp³-hybridized carbons (Fsp3) is 0.400. The van der Waals surface area contributed by atoms with Gasteiger partial charge in [0.05, 0.1) is 13.2 Å². The molecular weight excluding hydrogens is 172 g/mol. The van der Waals surface area contributed by atoms with E-state index in [0.29, 0.717) is 0 Å². The first kappa shape index (κ1) is 8.09. The maximum absolute atomic E-state index is 5.79. The monoisotopic (exact) mass is 182 g/mol. The van der Waals surface area contributed by atoms with Crippen molar-refractivity contribution in [3.05, 3.63) is 34.9 Å². The molecule has 12 heavy (non-hydrogen) atoms. The molecule has 1 nitrogen and oxygen atoms in total. The van der Waals surface area contributed by atoms with Crippen molar-refractivity contribution in [3.63, 3.8) is 0 Å². The summed E-state index contributed by atoms with van der Waals surface area (Å²) in [5.74, 6) is 0. The third-order valence-electron chi connectivity index (χ3n) is 2.38. The van der Waals surface area contributed by atoms with Gasteiger partial charge in [-0.3, -0.25) is 0 Å². The second-order valence-corrected chi connectivity index (χ2v) is 4.00. The molecule has 0 amide bonds. The smallest absolute Gasteiger partial charge is 0.0582 e. The summed E-state index contributed by atoms with van der Waals surface area (Å²) in [7, 11) is 0. The molecule has 0 spiro atoms. The van der Waals surface area contributed by atoms with Crippen LogP contribution >= 0.6 is 11.6 Å². The first-order chi connectivity index (χ1) is 5.71. The van der Waals surface area contributed by atoms with Crippen molar-refractivity contribution in [2.75, 3.05) is 13.2 Å². The lowest BCUT2D eigenvalue weighted by atomic mass is 9.81.